The second-order valence-corrected chi connectivity index (χ2v) is 4.24. The summed E-state index contributed by atoms with van der Waals surface area (Å²) >= 11 is 8.28. The van der Waals surface area contributed by atoms with Crippen LogP contribution in [0.4, 0.5) is 13.2 Å². The molecular weight excluding hydrogens is 276 g/mol. The molecule has 1 rings (SSSR count). The maximum atomic E-state index is 12.2. The van der Waals surface area contributed by atoms with Crippen molar-refractivity contribution in [2.75, 3.05) is 0 Å². The standard InChI is InChI=1S/C7H3Cl2F3O2S/c8-4-1-3(7(10,11)12)2-5(9)6(4)15(13)14/h1-2H,(H,13,14). The Morgan fingerprint density at radius 1 is 1.20 bits per heavy atom. The summed E-state index contributed by atoms with van der Waals surface area (Å²) in [6.45, 7) is 0. The fourth-order valence-corrected chi connectivity index (χ4v) is 2.22. The van der Waals surface area contributed by atoms with Gasteiger partial charge >= 0.3 is 6.18 Å². The number of alkyl halides is 3. The van der Waals surface area contributed by atoms with E-state index in [2.05, 4.69) is 0 Å². The summed E-state index contributed by atoms with van der Waals surface area (Å²) in [5.41, 5.74) is -1.06. The number of hydrogen-bond acceptors (Lipinski definition) is 1. The molecule has 1 unspecified atom stereocenters. The van der Waals surface area contributed by atoms with Gasteiger partial charge in [0, 0.05) is 0 Å². The molecule has 0 amide bonds. The molecular formula is C7H3Cl2F3O2S. The molecule has 0 heterocycles. The molecule has 0 bridgehead atoms. The van der Waals surface area contributed by atoms with Gasteiger partial charge in [0.2, 0.25) is 0 Å². The Morgan fingerprint density at radius 2 is 1.60 bits per heavy atom. The van der Waals surface area contributed by atoms with Crippen molar-refractivity contribution < 1.29 is 21.9 Å². The maximum Gasteiger partial charge on any atom is 0.416 e. The predicted octanol–water partition coefficient (Wildman–Crippen LogP) is 3.59. The SMILES string of the molecule is O=S(O)c1c(Cl)cc(C(F)(F)F)cc1Cl. The van der Waals surface area contributed by atoms with Crippen LogP contribution >= 0.6 is 23.2 Å². The fourth-order valence-electron chi connectivity index (χ4n) is 0.890. The van der Waals surface area contributed by atoms with Gasteiger partial charge in [-0.25, -0.2) is 4.21 Å². The molecule has 2 nitrogen and oxygen atoms in total. The summed E-state index contributed by atoms with van der Waals surface area (Å²) in [4.78, 5) is -0.425. The lowest BCUT2D eigenvalue weighted by molar-refractivity contribution is -0.137. The van der Waals surface area contributed by atoms with Crippen molar-refractivity contribution >= 4 is 34.3 Å². The van der Waals surface area contributed by atoms with Crippen molar-refractivity contribution in [3.8, 4) is 0 Å². The van der Waals surface area contributed by atoms with Crippen LogP contribution < -0.4 is 0 Å². The van der Waals surface area contributed by atoms with E-state index in [0.29, 0.717) is 12.1 Å². The molecule has 1 aromatic rings. The van der Waals surface area contributed by atoms with Gasteiger partial charge in [-0.2, -0.15) is 13.2 Å². The Morgan fingerprint density at radius 3 is 1.87 bits per heavy atom. The van der Waals surface area contributed by atoms with Crippen molar-refractivity contribution in [1.29, 1.82) is 0 Å². The van der Waals surface area contributed by atoms with Gasteiger partial charge in [0.1, 0.15) is 4.90 Å². The topological polar surface area (TPSA) is 37.3 Å². The van der Waals surface area contributed by atoms with Crippen molar-refractivity contribution in [2.24, 2.45) is 0 Å². The van der Waals surface area contributed by atoms with Gasteiger partial charge in [0.15, 0.2) is 11.1 Å². The van der Waals surface area contributed by atoms with Crippen molar-refractivity contribution in [1.82, 2.24) is 0 Å². The monoisotopic (exact) mass is 278 g/mol. The Balaban J connectivity index is 3.39. The van der Waals surface area contributed by atoms with Crippen LogP contribution in [0, 0.1) is 0 Å². The molecule has 0 fully saturated rings. The molecule has 8 heteroatoms. The molecule has 1 atom stereocenters. The molecule has 0 radical (unpaired) electrons. The van der Waals surface area contributed by atoms with Crippen LogP contribution in [0.15, 0.2) is 17.0 Å². The minimum atomic E-state index is -4.59. The lowest BCUT2D eigenvalue weighted by atomic mass is 10.2. The maximum absolute atomic E-state index is 12.2. The van der Waals surface area contributed by atoms with E-state index in [0.717, 1.165) is 0 Å². The molecule has 0 aliphatic heterocycles. The van der Waals surface area contributed by atoms with Gasteiger partial charge in [-0.15, -0.1) is 0 Å². The second kappa shape index (κ2) is 4.29. The lowest BCUT2D eigenvalue weighted by Gasteiger charge is -2.09. The first-order valence-corrected chi connectivity index (χ1v) is 5.27. The molecule has 15 heavy (non-hydrogen) atoms. The normalized spacial score (nSPS) is 14.0. The summed E-state index contributed by atoms with van der Waals surface area (Å²) in [5, 5.41) is -0.980. The summed E-state index contributed by atoms with van der Waals surface area (Å²) in [6.07, 6.45) is -4.59. The zero-order valence-electron chi connectivity index (χ0n) is 6.81. The van der Waals surface area contributed by atoms with Crippen LogP contribution in [0.3, 0.4) is 0 Å². The van der Waals surface area contributed by atoms with Gasteiger partial charge in [-0.1, -0.05) is 23.2 Å². The van der Waals surface area contributed by atoms with Crippen LogP contribution in [-0.4, -0.2) is 8.76 Å². The molecule has 0 aliphatic carbocycles. The van der Waals surface area contributed by atoms with E-state index in [-0.39, 0.29) is 0 Å². The first-order valence-electron chi connectivity index (χ1n) is 3.40. The van der Waals surface area contributed by atoms with Gasteiger partial charge in [-0.05, 0) is 12.1 Å². The van der Waals surface area contributed by atoms with Gasteiger partial charge in [0.25, 0.3) is 0 Å². The van der Waals surface area contributed by atoms with Gasteiger partial charge in [-0.3, -0.25) is 0 Å². The Kier molecular flexibility index (Phi) is 3.65. The molecule has 0 aromatic heterocycles. The van der Waals surface area contributed by atoms with E-state index in [1.165, 1.54) is 0 Å². The molecule has 0 saturated heterocycles. The zero-order valence-corrected chi connectivity index (χ0v) is 9.14. The third-order valence-corrected chi connectivity index (χ3v) is 3.11. The minimum absolute atomic E-state index is 0.425. The average Bonchev–Trinajstić information content (AvgIpc) is 1.99. The van der Waals surface area contributed by atoms with Gasteiger partial charge < -0.3 is 4.55 Å². The highest BCUT2D eigenvalue weighted by atomic mass is 35.5. The molecule has 1 aromatic carbocycles. The predicted molar refractivity (Wildman–Crippen MR) is 50.5 cm³/mol. The summed E-state index contributed by atoms with van der Waals surface area (Å²) in [6, 6.07) is 1.10. The second-order valence-electron chi connectivity index (χ2n) is 2.52. The molecule has 0 saturated carbocycles. The Bertz CT molecular complexity index is 396. The first kappa shape index (κ1) is 12.8. The highest BCUT2D eigenvalue weighted by Crippen LogP contribution is 2.36. The van der Waals surface area contributed by atoms with Crippen LogP contribution in [0.2, 0.25) is 10.0 Å². The largest absolute Gasteiger partial charge is 0.416 e. The van der Waals surface area contributed by atoms with E-state index in [4.69, 9.17) is 27.8 Å². The molecule has 1 N–H and O–H groups in total. The number of hydrogen-bond donors (Lipinski definition) is 1. The minimum Gasteiger partial charge on any atom is -0.302 e. The average molecular weight is 279 g/mol. The highest BCUT2D eigenvalue weighted by molar-refractivity contribution is 7.79. The molecule has 84 valence electrons. The fraction of sp³-hybridized carbons (Fsp3) is 0.143. The third-order valence-electron chi connectivity index (χ3n) is 1.50. The summed E-state index contributed by atoms with van der Waals surface area (Å²) < 4.78 is 56.0. The Labute approximate surface area is 95.3 Å². The van der Waals surface area contributed by atoms with Crippen molar-refractivity contribution in [3.63, 3.8) is 0 Å². The third kappa shape index (κ3) is 2.84. The van der Waals surface area contributed by atoms with E-state index >= 15 is 0 Å². The van der Waals surface area contributed by atoms with E-state index < -0.39 is 37.8 Å². The van der Waals surface area contributed by atoms with Crippen LogP contribution in [-0.2, 0) is 17.3 Å². The number of rotatable bonds is 1. The first-order chi connectivity index (χ1) is 6.73. The van der Waals surface area contributed by atoms with E-state index in [9.17, 15) is 17.4 Å². The van der Waals surface area contributed by atoms with Crippen LogP contribution in [0.5, 0.6) is 0 Å². The van der Waals surface area contributed by atoms with E-state index in [1.807, 2.05) is 0 Å². The van der Waals surface area contributed by atoms with Crippen molar-refractivity contribution in [2.45, 2.75) is 11.1 Å². The van der Waals surface area contributed by atoms with E-state index in [1.54, 1.807) is 0 Å². The zero-order chi connectivity index (χ0) is 11.8. The summed E-state index contributed by atoms with van der Waals surface area (Å²) in [5.74, 6) is 0. The van der Waals surface area contributed by atoms with Crippen LogP contribution in [0.25, 0.3) is 0 Å². The quantitative estimate of drug-likeness (QED) is 0.797. The number of halogens is 5. The Hall–Kier alpha value is -0.300. The smallest absolute Gasteiger partial charge is 0.302 e. The molecule has 0 spiro atoms. The van der Waals surface area contributed by atoms with Crippen molar-refractivity contribution in [3.05, 3.63) is 27.7 Å². The summed E-state index contributed by atoms with van der Waals surface area (Å²) in [7, 11) is 0. The number of benzene rings is 1. The van der Waals surface area contributed by atoms with Gasteiger partial charge in [0.05, 0.1) is 15.6 Å². The lowest BCUT2D eigenvalue weighted by Crippen LogP contribution is -2.06. The highest BCUT2D eigenvalue weighted by Gasteiger charge is 2.32. The molecule has 0 aliphatic rings. The van der Waals surface area contributed by atoms with Crippen LogP contribution in [0.1, 0.15) is 5.56 Å².